The quantitative estimate of drug-likeness (QED) is 0.707. The zero-order chi connectivity index (χ0) is 18.5. The molecule has 26 heavy (non-hydrogen) atoms. The van der Waals surface area contributed by atoms with Gasteiger partial charge in [-0.1, -0.05) is 40.9 Å². The molecule has 1 aliphatic heterocycles. The molecule has 2 aromatic carbocycles. The number of rotatable bonds is 5. The summed E-state index contributed by atoms with van der Waals surface area (Å²) in [6.07, 6.45) is 1.09. The van der Waals surface area contributed by atoms with Crippen molar-refractivity contribution < 1.29 is 4.74 Å². The number of halogens is 3. The van der Waals surface area contributed by atoms with Gasteiger partial charge in [0.05, 0.1) is 22.7 Å². The second-order valence-corrected chi connectivity index (χ2v) is 7.58. The molecule has 1 unspecified atom stereocenters. The molecule has 1 N–H and O–H groups in total. The van der Waals surface area contributed by atoms with Crippen molar-refractivity contribution in [2.45, 2.75) is 19.4 Å². The first kappa shape index (κ1) is 19.8. The van der Waals surface area contributed by atoms with Gasteiger partial charge in [-0.3, -0.25) is 4.90 Å². The second kappa shape index (κ2) is 9.29. The van der Waals surface area contributed by atoms with E-state index in [0.29, 0.717) is 21.7 Å². The molecular weight excluding hydrogens is 391 g/mol. The minimum absolute atomic E-state index is 0.00455. The van der Waals surface area contributed by atoms with E-state index in [0.717, 1.165) is 49.5 Å². The molecule has 1 fully saturated rings. The van der Waals surface area contributed by atoms with E-state index in [4.69, 9.17) is 39.5 Å². The highest BCUT2D eigenvalue weighted by atomic mass is 35.5. The van der Waals surface area contributed by atoms with Crippen molar-refractivity contribution in [3.8, 4) is 5.75 Å². The minimum Gasteiger partial charge on any atom is -0.494 e. The van der Waals surface area contributed by atoms with Gasteiger partial charge in [-0.25, -0.2) is 0 Å². The van der Waals surface area contributed by atoms with Crippen molar-refractivity contribution >= 4 is 34.8 Å². The molecule has 0 aliphatic carbocycles. The van der Waals surface area contributed by atoms with Gasteiger partial charge in [0.15, 0.2) is 0 Å². The van der Waals surface area contributed by atoms with Crippen molar-refractivity contribution in [3.63, 3.8) is 0 Å². The summed E-state index contributed by atoms with van der Waals surface area (Å²) in [5.74, 6) is 0.852. The van der Waals surface area contributed by atoms with Crippen LogP contribution in [0.4, 0.5) is 0 Å². The van der Waals surface area contributed by atoms with Gasteiger partial charge in [0, 0.05) is 30.2 Å². The third-order valence-corrected chi connectivity index (χ3v) is 5.54. The minimum atomic E-state index is 0.00455. The molecule has 0 radical (unpaired) electrons. The molecule has 0 spiro atoms. The summed E-state index contributed by atoms with van der Waals surface area (Å²) in [7, 11) is 0. The van der Waals surface area contributed by atoms with Crippen molar-refractivity contribution in [1.82, 2.24) is 10.2 Å². The van der Waals surface area contributed by atoms with Gasteiger partial charge in [0.25, 0.3) is 0 Å². The van der Waals surface area contributed by atoms with E-state index < -0.39 is 0 Å². The van der Waals surface area contributed by atoms with Crippen LogP contribution in [0.25, 0.3) is 0 Å². The van der Waals surface area contributed by atoms with Gasteiger partial charge in [-0.2, -0.15) is 0 Å². The van der Waals surface area contributed by atoms with Crippen LogP contribution >= 0.6 is 34.8 Å². The highest BCUT2D eigenvalue weighted by molar-refractivity contribution is 6.42. The highest BCUT2D eigenvalue weighted by Gasteiger charge is 2.27. The predicted octanol–water partition coefficient (Wildman–Crippen LogP) is 5.43. The van der Waals surface area contributed by atoms with Crippen molar-refractivity contribution in [3.05, 3.63) is 62.6 Å². The van der Waals surface area contributed by atoms with E-state index in [1.165, 1.54) is 0 Å². The van der Waals surface area contributed by atoms with E-state index >= 15 is 0 Å². The first-order valence-corrected chi connectivity index (χ1v) is 10.1. The molecule has 0 bridgehead atoms. The Morgan fingerprint density at radius 1 is 1.04 bits per heavy atom. The summed E-state index contributed by atoms with van der Waals surface area (Å²) in [5.41, 5.74) is 2.14. The van der Waals surface area contributed by atoms with E-state index in [1.54, 1.807) is 0 Å². The molecule has 0 saturated carbocycles. The Kier molecular flexibility index (Phi) is 7.07. The summed E-state index contributed by atoms with van der Waals surface area (Å²) >= 11 is 18.8. The average molecular weight is 414 g/mol. The normalized spacial score (nSPS) is 16.9. The average Bonchev–Trinajstić information content (AvgIpc) is 2.90. The molecular formula is C20H23Cl3N2O. The Morgan fingerprint density at radius 2 is 1.88 bits per heavy atom. The molecule has 0 aromatic heterocycles. The summed E-state index contributed by atoms with van der Waals surface area (Å²) in [5, 5.41) is 5.27. The number of nitrogens with zero attached hydrogens (tertiary/aromatic N) is 1. The van der Waals surface area contributed by atoms with Crippen LogP contribution in [-0.2, 0) is 0 Å². The first-order chi connectivity index (χ1) is 12.6. The van der Waals surface area contributed by atoms with Crippen LogP contribution < -0.4 is 10.1 Å². The highest BCUT2D eigenvalue weighted by Crippen LogP contribution is 2.38. The zero-order valence-corrected chi connectivity index (χ0v) is 17.0. The summed E-state index contributed by atoms with van der Waals surface area (Å²) in [4.78, 5) is 2.45. The number of ether oxygens (including phenoxy) is 1. The van der Waals surface area contributed by atoms with Crippen molar-refractivity contribution in [2.75, 3.05) is 32.8 Å². The maximum absolute atomic E-state index is 6.34. The van der Waals surface area contributed by atoms with Crippen LogP contribution in [0, 0.1) is 0 Å². The molecule has 1 aliphatic rings. The van der Waals surface area contributed by atoms with Crippen LogP contribution in [-0.4, -0.2) is 37.7 Å². The zero-order valence-electron chi connectivity index (χ0n) is 14.8. The van der Waals surface area contributed by atoms with Gasteiger partial charge in [0.1, 0.15) is 5.75 Å². The van der Waals surface area contributed by atoms with Gasteiger partial charge in [0.2, 0.25) is 0 Å². The van der Waals surface area contributed by atoms with Crippen molar-refractivity contribution in [2.24, 2.45) is 0 Å². The third-order valence-electron chi connectivity index (χ3n) is 4.57. The van der Waals surface area contributed by atoms with E-state index in [-0.39, 0.29) is 6.04 Å². The predicted molar refractivity (Wildman–Crippen MR) is 110 cm³/mol. The topological polar surface area (TPSA) is 24.5 Å². The molecule has 3 rings (SSSR count). The monoisotopic (exact) mass is 412 g/mol. The fraction of sp³-hybridized carbons (Fsp3) is 0.400. The molecule has 3 nitrogen and oxygen atoms in total. The maximum atomic E-state index is 6.34. The molecule has 0 amide bonds. The van der Waals surface area contributed by atoms with Crippen LogP contribution in [0.5, 0.6) is 5.75 Å². The Bertz CT molecular complexity index is 746. The molecule has 1 heterocycles. The van der Waals surface area contributed by atoms with Gasteiger partial charge < -0.3 is 10.1 Å². The van der Waals surface area contributed by atoms with Crippen LogP contribution in [0.3, 0.4) is 0 Å². The number of nitrogens with one attached hydrogen (secondary N) is 1. The summed E-state index contributed by atoms with van der Waals surface area (Å²) in [6.45, 7) is 6.48. The Labute approximate surface area is 170 Å². The van der Waals surface area contributed by atoms with E-state index in [1.807, 2.05) is 43.3 Å². The second-order valence-electron chi connectivity index (χ2n) is 6.33. The number of hydrogen-bond acceptors (Lipinski definition) is 3. The maximum Gasteiger partial charge on any atom is 0.124 e. The Morgan fingerprint density at radius 3 is 2.65 bits per heavy atom. The van der Waals surface area contributed by atoms with Crippen molar-refractivity contribution in [1.29, 1.82) is 0 Å². The molecule has 2 aromatic rings. The molecule has 140 valence electrons. The first-order valence-electron chi connectivity index (χ1n) is 8.92. The lowest BCUT2D eigenvalue weighted by Crippen LogP contribution is -2.33. The molecule has 6 heteroatoms. The van der Waals surface area contributed by atoms with E-state index in [2.05, 4.69) is 10.2 Å². The summed E-state index contributed by atoms with van der Waals surface area (Å²) in [6, 6.07) is 11.7. The fourth-order valence-corrected chi connectivity index (χ4v) is 3.90. The SMILES string of the molecule is CCOc1ccc(Cl)cc1C(c1ccc(Cl)c(Cl)c1)N1CCCNCC1. The van der Waals surface area contributed by atoms with Gasteiger partial charge >= 0.3 is 0 Å². The van der Waals surface area contributed by atoms with Crippen LogP contribution in [0.1, 0.15) is 30.5 Å². The standard InChI is InChI=1S/C20H23Cl3N2O/c1-2-26-19-7-5-15(21)13-16(19)20(25-10-3-8-24-9-11-25)14-4-6-17(22)18(23)12-14/h4-7,12-13,20,24H,2-3,8-11H2,1H3. The number of hydrogen-bond donors (Lipinski definition) is 1. The third kappa shape index (κ3) is 4.65. The number of benzene rings is 2. The largest absolute Gasteiger partial charge is 0.494 e. The van der Waals surface area contributed by atoms with Gasteiger partial charge in [-0.15, -0.1) is 0 Å². The fourth-order valence-electron chi connectivity index (χ4n) is 3.41. The molecule has 1 saturated heterocycles. The lowest BCUT2D eigenvalue weighted by molar-refractivity contribution is 0.233. The summed E-state index contributed by atoms with van der Waals surface area (Å²) < 4.78 is 5.91. The lowest BCUT2D eigenvalue weighted by Gasteiger charge is -2.32. The van der Waals surface area contributed by atoms with E-state index in [9.17, 15) is 0 Å². The lowest BCUT2D eigenvalue weighted by atomic mass is 9.95. The smallest absolute Gasteiger partial charge is 0.124 e. The van der Waals surface area contributed by atoms with Crippen LogP contribution in [0.15, 0.2) is 36.4 Å². The Hall–Kier alpha value is -0.970. The Balaban J connectivity index is 2.10. The molecule has 1 atom stereocenters. The van der Waals surface area contributed by atoms with Crippen LogP contribution in [0.2, 0.25) is 15.1 Å². The van der Waals surface area contributed by atoms with Gasteiger partial charge in [-0.05, 0) is 55.8 Å².